The number of amides is 1. The first-order valence-electron chi connectivity index (χ1n) is 8.87. The maximum atomic E-state index is 13.4. The maximum Gasteiger partial charge on any atom is 0.227 e. The van der Waals surface area contributed by atoms with Crippen molar-refractivity contribution in [3.05, 3.63) is 59.7 Å². The first-order valence-corrected chi connectivity index (χ1v) is 8.87. The van der Waals surface area contributed by atoms with Crippen molar-refractivity contribution in [2.24, 2.45) is 5.73 Å². The van der Waals surface area contributed by atoms with E-state index in [0.29, 0.717) is 53.9 Å². The van der Waals surface area contributed by atoms with Crippen LogP contribution >= 0.6 is 12.4 Å². The average Bonchev–Trinajstić information content (AvgIpc) is 3.17. The van der Waals surface area contributed by atoms with Gasteiger partial charge in [-0.3, -0.25) is 4.79 Å². The van der Waals surface area contributed by atoms with Crippen molar-refractivity contribution in [2.75, 3.05) is 18.5 Å². The summed E-state index contributed by atoms with van der Waals surface area (Å²) in [4.78, 5) is 16.4. The SMILES string of the molecule is Cc1cc(-c2noc(CCC(=O)Nc3ccc(OCCN)cc3)n2)ccc1F.Cl. The van der Waals surface area contributed by atoms with Crippen molar-refractivity contribution < 1.29 is 18.4 Å². The van der Waals surface area contributed by atoms with Crippen molar-refractivity contribution in [1.82, 2.24) is 10.1 Å². The minimum Gasteiger partial charge on any atom is -0.492 e. The molecule has 0 aliphatic heterocycles. The van der Waals surface area contributed by atoms with Crippen LogP contribution in [0.5, 0.6) is 5.75 Å². The Hall–Kier alpha value is -2.97. The Labute approximate surface area is 173 Å². The Morgan fingerprint density at radius 1 is 1.24 bits per heavy atom. The molecule has 0 aliphatic rings. The molecule has 1 heterocycles. The molecule has 3 rings (SSSR count). The normalized spacial score (nSPS) is 10.3. The number of aryl methyl sites for hydroxylation is 2. The number of aromatic nitrogens is 2. The molecule has 9 heteroatoms. The van der Waals surface area contributed by atoms with Gasteiger partial charge in [0.2, 0.25) is 17.6 Å². The van der Waals surface area contributed by atoms with Gasteiger partial charge < -0.3 is 20.3 Å². The fourth-order valence-corrected chi connectivity index (χ4v) is 2.51. The highest BCUT2D eigenvalue weighted by atomic mass is 35.5. The predicted octanol–water partition coefficient (Wildman–Crippen LogP) is 3.51. The number of nitrogens with two attached hydrogens (primary N) is 1. The maximum absolute atomic E-state index is 13.4. The van der Waals surface area contributed by atoms with Crippen molar-refractivity contribution in [3.63, 3.8) is 0 Å². The highest BCUT2D eigenvalue weighted by Gasteiger charge is 2.12. The van der Waals surface area contributed by atoms with E-state index >= 15 is 0 Å². The van der Waals surface area contributed by atoms with Crippen LogP contribution in [0.3, 0.4) is 0 Å². The van der Waals surface area contributed by atoms with Gasteiger partial charge in [0.15, 0.2) is 0 Å². The summed E-state index contributed by atoms with van der Waals surface area (Å²) < 4.78 is 23.9. The Morgan fingerprint density at radius 3 is 2.69 bits per heavy atom. The summed E-state index contributed by atoms with van der Waals surface area (Å²) in [5.41, 5.74) is 7.22. The van der Waals surface area contributed by atoms with Crippen LogP contribution < -0.4 is 15.8 Å². The molecular formula is C20H22ClFN4O3. The standard InChI is InChI=1S/C20H21FN4O3.ClH/c1-13-12-14(2-7-17(13)21)20-24-19(28-25-20)9-8-18(26)23-15-3-5-16(6-4-15)27-11-10-22;/h2-7,12H,8-11,22H2,1H3,(H,23,26);1H. The van der Waals surface area contributed by atoms with Gasteiger partial charge in [0.1, 0.15) is 18.2 Å². The second-order valence-electron chi connectivity index (χ2n) is 6.19. The van der Waals surface area contributed by atoms with Crippen LogP contribution in [0.15, 0.2) is 47.0 Å². The van der Waals surface area contributed by atoms with E-state index in [9.17, 15) is 9.18 Å². The molecule has 0 saturated heterocycles. The van der Waals surface area contributed by atoms with Crippen LogP contribution in [-0.4, -0.2) is 29.2 Å². The molecule has 0 fully saturated rings. The molecule has 0 spiro atoms. The lowest BCUT2D eigenvalue weighted by atomic mass is 10.1. The van der Waals surface area contributed by atoms with E-state index in [1.54, 1.807) is 43.3 Å². The van der Waals surface area contributed by atoms with E-state index in [1.165, 1.54) is 6.07 Å². The number of halogens is 2. The summed E-state index contributed by atoms with van der Waals surface area (Å²) in [5.74, 6) is 0.943. The number of carbonyl (C=O) groups excluding carboxylic acids is 1. The topological polar surface area (TPSA) is 103 Å². The van der Waals surface area contributed by atoms with Crippen molar-refractivity contribution in [2.45, 2.75) is 19.8 Å². The van der Waals surface area contributed by atoms with Crippen molar-refractivity contribution >= 4 is 24.0 Å². The van der Waals surface area contributed by atoms with Gasteiger partial charge in [-0.15, -0.1) is 12.4 Å². The van der Waals surface area contributed by atoms with Crippen LogP contribution in [0.25, 0.3) is 11.4 Å². The van der Waals surface area contributed by atoms with E-state index in [0.717, 1.165) is 0 Å². The van der Waals surface area contributed by atoms with E-state index in [1.807, 2.05) is 0 Å². The third kappa shape index (κ3) is 6.27. The number of ether oxygens (including phenoxy) is 1. The molecule has 154 valence electrons. The smallest absolute Gasteiger partial charge is 0.227 e. The molecule has 3 aromatic rings. The van der Waals surface area contributed by atoms with Crippen molar-refractivity contribution in [1.29, 1.82) is 0 Å². The number of nitrogens with one attached hydrogen (secondary N) is 1. The number of rotatable bonds is 8. The lowest BCUT2D eigenvalue weighted by Gasteiger charge is -2.07. The zero-order valence-corrected chi connectivity index (χ0v) is 16.7. The van der Waals surface area contributed by atoms with Gasteiger partial charge in [0.25, 0.3) is 0 Å². The quantitative estimate of drug-likeness (QED) is 0.578. The monoisotopic (exact) mass is 420 g/mol. The number of nitrogens with zero attached hydrogens (tertiary/aromatic N) is 2. The molecule has 0 atom stereocenters. The van der Waals surface area contributed by atoms with Crippen LogP contribution in [-0.2, 0) is 11.2 Å². The Balaban J connectivity index is 0.00000300. The zero-order chi connectivity index (χ0) is 19.9. The molecule has 0 bridgehead atoms. The lowest BCUT2D eigenvalue weighted by molar-refractivity contribution is -0.116. The number of hydrogen-bond acceptors (Lipinski definition) is 6. The number of hydrogen-bond donors (Lipinski definition) is 2. The first kappa shape index (κ1) is 22.3. The molecule has 0 aliphatic carbocycles. The first-order chi connectivity index (χ1) is 13.5. The number of carbonyl (C=O) groups is 1. The van der Waals surface area contributed by atoms with Gasteiger partial charge in [-0.25, -0.2) is 4.39 Å². The summed E-state index contributed by atoms with van der Waals surface area (Å²) in [7, 11) is 0. The summed E-state index contributed by atoms with van der Waals surface area (Å²) in [6.45, 7) is 2.55. The molecule has 7 nitrogen and oxygen atoms in total. The molecule has 0 radical (unpaired) electrons. The highest BCUT2D eigenvalue weighted by molar-refractivity contribution is 5.90. The van der Waals surface area contributed by atoms with E-state index in [2.05, 4.69) is 15.5 Å². The summed E-state index contributed by atoms with van der Waals surface area (Å²) in [6, 6.07) is 11.6. The summed E-state index contributed by atoms with van der Waals surface area (Å²) >= 11 is 0. The summed E-state index contributed by atoms with van der Waals surface area (Å²) in [5, 5.41) is 6.69. The predicted molar refractivity (Wildman–Crippen MR) is 110 cm³/mol. The van der Waals surface area contributed by atoms with Gasteiger partial charge in [0, 0.05) is 30.6 Å². The molecular weight excluding hydrogens is 399 g/mol. The van der Waals surface area contributed by atoms with Gasteiger partial charge >= 0.3 is 0 Å². The molecule has 2 aromatic carbocycles. The second-order valence-corrected chi connectivity index (χ2v) is 6.19. The van der Waals surface area contributed by atoms with Crippen molar-refractivity contribution in [3.8, 4) is 17.1 Å². The average molecular weight is 421 g/mol. The Kier molecular flexibility index (Phi) is 8.11. The molecule has 29 heavy (non-hydrogen) atoms. The van der Waals surface area contributed by atoms with Crippen LogP contribution in [0.4, 0.5) is 10.1 Å². The molecule has 3 N–H and O–H groups in total. The van der Waals surface area contributed by atoms with Gasteiger partial charge in [0.05, 0.1) is 0 Å². The molecule has 0 saturated carbocycles. The van der Waals surface area contributed by atoms with Crippen LogP contribution in [0, 0.1) is 12.7 Å². The van der Waals surface area contributed by atoms with Gasteiger partial charge in [-0.2, -0.15) is 4.98 Å². The third-order valence-corrected chi connectivity index (χ3v) is 3.97. The molecule has 0 unspecified atom stereocenters. The largest absolute Gasteiger partial charge is 0.492 e. The van der Waals surface area contributed by atoms with E-state index in [4.69, 9.17) is 15.0 Å². The molecule has 1 amide bonds. The summed E-state index contributed by atoms with van der Waals surface area (Å²) in [6.07, 6.45) is 0.492. The Morgan fingerprint density at radius 2 is 2.00 bits per heavy atom. The Bertz CT molecular complexity index is 947. The fourth-order valence-electron chi connectivity index (χ4n) is 2.51. The van der Waals surface area contributed by atoms with Crippen LogP contribution in [0.2, 0.25) is 0 Å². The minimum atomic E-state index is -0.289. The number of benzene rings is 2. The fraction of sp³-hybridized carbons (Fsp3) is 0.250. The lowest BCUT2D eigenvalue weighted by Crippen LogP contribution is -2.13. The highest BCUT2D eigenvalue weighted by Crippen LogP contribution is 2.20. The molecule has 1 aromatic heterocycles. The van der Waals surface area contributed by atoms with Gasteiger partial charge in [-0.05, 0) is 55.0 Å². The second kappa shape index (κ2) is 10.5. The minimum absolute atomic E-state index is 0. The van der Waals surface area contributed by atoms with E-state index < -0.39 is 0 Å². The third-order valence-electron chi connectivity index (χ3n) is 3.97. The van der Waals surface area contributed by atoms with E-state index in [-0.39, 0.29) is 30.6 Å². The van der Waals surface area contributed by atoms with Gasteiger partial charge in [-0.1, -0.05) is 5.16 Å². The number of anilines is 1. The van der Waals surface area contributed by atoms with Crippen LogP contribution in [0.1, 0.15) is 17.9 Å². The zero-order valence-electron chi connectivity index (χ0n) is 15.9.